The number of aromatic nitrogens is 2. The zero-order valence-electron chi connectivity index (χ0n) is 17.6. The number of anilines is 2. The van der Waals surface area contributed by atoms with Gasteiger partial charge in [-0.25, -0.2) is 4.79 Å². The summed E-state index contributed by atoms with van der Waals surface area (Å²) in [6.45, 7) is 2.73. The molecule has 0 radical (unpaired) electrons. The van der Waals surface area contributed by atoms with Gasteiger partial charge in [0.25, 0.3) is 0 Å². The van der Waals surface area contributed by atoms with Gasteiger partial charge in [-0.3, -0.25) is 4.68 Å². The minimum absolute atomic E-state index is 0.338. The second kappa shape index (κ2) is 9.79. The number of thiocarbonyl (C=S) groups is 1. The summed E-state index contributed by atoms with van der Waals surface area (Å²) in [7, 11) is 1.40. The third-order valence-electron chi connectivity index (χ3n) is 5.37. The lowest BCUT2D eigenvalue weighted by Gasteiger charge is -2.18. The zero-order valence-corrected chi connectivity index (χ0v) is 20.7. The topological polar surface area (TPSA) is 68.2 Å². The number of carbonyl (C=O) groups excluding carboxylic acids is 1. The third kappa shape index (κ3) is 5.09. The van der Waals surface area contributed by atoms with Gasteiger partial charge in [-0.2, -0.15) is 5.10 Å². The fraction of sp³-hybridized carbons (Fsp3) is 0.318. The Balaban J connectivity index is 1.46. The molecule has 1 unspecified atom stereocenters. The number of hydrogen-bond acceptors (Lipinski definition) is 5. The number of ether oxygens (including phenoxy) is 1. The SMILES string of the molecule is COC(=O)c1c(NC(=S)Nc2cnn(Cc3ccc(Cl)cc3Cl)c2)sc2c1CCC(C)C2. The highest BCUT2D eigenvalue weighted by Gasteiger charge is 2.28. The van der Waals surface area contributed by atoms with E-state index in [0.29, 0.717) is 38.2 Å². The summed E-state index contributed by atoms with van der Waals surface area (Å²) in [6, 6.07) is 5.38. The molecule has 0 saturated heterocycles. The van der Waals surface area contributed by atoms with Crippen molar-refractivity contribution in [2.75, 3.05) is 17.7 Å². The molecule has 4 rings (SSSR count). The van der Waals surface area contributed by atoms with Crippen LogP contribution in [0.5, 0.6) is 0 Å². The van der Waals surface area contributed by atoms with Crippen molar-refractivity contribution in [2.24, 2.45) is 5.92 Å². The Labute approximate surface area is 205 Å². The van der Waals surface area contributed by atoms with Crippen LogP contribution in [0.15, 0.2) is 30.6 Å². The number of thiophene rings is 1. The maximum atomic E-state index is 12.5. The van der Waals surface area contributed by atoms with Gasteiger partial charge in [0.05, 0.1) is 31.1 Å². The molecule has 32 heavy (non-hydrogen) atoms. The van der Waals surface area contributed by atoms with E-state index in [1.807, 2.05) is 12.3 Å². The van der Waals surface area contributed by atoms with Gasteiger partial charge >= 0.3 is 5.97 Å². The van der Waals surface area contributed by atoms with Crippen molar-refractivity contribution in [2.45, 2.75) is 32.7 Å². The largest absolute Gasteiger partial charge is 0.465 e. The van der Waals surface area contributed by atoms with E-state index in [0.717, 1.165) is 36.1 Å². The fourth-order valence-electron chi connectivity index (χ4n) is 3.76. The van der Waals surface area contributed by atoms with Gasteiger partial charge in [-0.05, 0) is 60.7 Å². The minimum Gasteiger partial charge on any atom is -0.465 e. The van der Waals surface area contributed by atoms with Crippen molar-refractivity contribution >= 4 is 68.5 Å². The summed E-state index contributed by atoms with van der Waals surface area (Å²) >= 11 is 19.3. The molecule has 168 valence electrons. The van der Waals surface area contributed by atoms with Crippen molar-refractivity contribution in [3.63, 3.8) is 0 Å². The molecular formula is C22H22Cl2N4O2S2. The summed E-state index contributed by atoms with van der Waals surface area (Å²) in [4.78, 5) is 13.7. The van der Waals surface area contributed by atoms with Crippen LogP contribution in [0.4, 0.5) is 10.7 Å². The van der Waals surface area contributed by atoms with Gasteiger partial charge < -0.3 is 15.4 Å². The number of rotatable bonds is 5. The van der Waals surface area contributed by atoms with E-state index in [1.54, 1.807) is 34.3 Å². The van der Waals surface area contributed by atoms with Gasteiger partial charge in [0.15, 0.2) is 5.11 Å². The van der Waals surface area contributed by atoms with E-state index in [2.05, 4.69) is 22.7 Å². The molecule has 10 heteroatoms. The van der Waals surface area contributed by atoms with Crippen molar-refractivity contribution in [1.29, 1.82) is 0 Å². The standard InChI is InChI=1S/C22H22Cl2N4O2S2/c1-12-3-6-16-18(7-12)32-20(19(16)21(29)30-2)27-22(31)26-15-9-25-28(11-15)10-13-4-5-14(23)8-17(13)24/h4-5,8-9,11-12H,3,6-7,10H2,1-2H3,(H2,26,27,31). The lowest BCUT2D eigenvalue weighted by Crippen LogP contribution is -2.20. The van der Waals surface area contributed by atoms with E-state index in [9.17, 15) is 4.79 Å². The van der Waals surface area contributed by atoms with Gasteiger partial charge in [0.1, 0.15) is 5.00 Å². The quantitative estimate of drug-likeness (QED) is 0.324. The molecule has 1 atom stereocenters. The van der Waals surface area contributed by atoms with Crippen LogP contribution in [-0.2, 0) is 24.1 Å². The fourth-order valence-corrected chi connectivity index (χ4v) is 5.92. The second-order valence-corrected chi connectivity index (χ2v) is 10.1. The Morgan fingerprint density at radius 3 is 2.94 bits per heavy atom. The number of carbonyl (C=O) groups is 1. The van der Waals surface area contributed by atoms with Gasteiger partial charge in [0, 0.05) is 21.1 Å². The van der Waals surface area contributed by atoms with Crippen LogP contribution in [0.1, 0.15) is 39.7 Å². The monoisotopic (exact) mass is 508 g/mol. The molecule has 1 aliphatic rings. The molecule has 0 fully saturated rings. The van der Waals surface area contributed by atoms with Crippen molar-refractivity contribution in [1.82, 2.24) is 9.78 Å². The molecule has 0 amide bonds. The number of methoxy groups -OCH3 is 1. The molecule has 2 heterocycles. The van der Waals surface area contributed by atoms with Gasteiger partial charge in [-0.1, -0.05) is 36.2 Å². The summed E-state index contributed by atoms with van der Waals surface area (Å²) in [5.41, 5.74) is 3.31. The first-order valence-corrected chi connectivity index (χ1v) is 12.1. The maximum absolute atomic E-state index is 12.5. The summed E-state index contributed by atoms with van der Waals surface area (Å²) in [5, 5.41) is 13.0. The van der Waals surface area contributed by atoms with Crippen LogP contribution >= 0.6 is 46.8 Å². The highest BCUT2D eigenvalue weighted by atomic mass is 35.5. The van der Waals surface area contributed by atoms with Crippen LogP contribution < -0.4 is 10.6 Å². The highest BCUT2D eigenvalue weighted by molar-refractivity contribution is 7.80. The summed E-state index contributed by atoms with van der Waals surface area (Å²) < 4.78 is 6.79. The first kappa shape index (κ1) is 23.0. The normalized spacial score (nSPS) is 15.2. The predicted molar refractivity (Wildman–Crippen MR) is 134 cm³/mol. The van der Waals surface area contributed by atoms with Crippen LogP contribution in [0.3, 0.4) is 0 Å². The molecule has 0 bridgehead atoms. The minimum atomic E-state index is -0.338. The summed E-state index contributed by atoms with van der Waals surface area (Å²) in [6.07, 6.45) is 6.42. The smallest absolute Gasteiger partial charge is 0.341 e. The number of esters is 1. The molecule has 3 aromatic rings. The average molecular weight is 509 g/mol. The Hall–Kier alpha value is -2.13. The summed E-state index contributed by atoms with van der Waals surface area (Å²) in [5.74, 6) is 0.263. The molecule has 1 aliphatic carbocycles. The van der Waals surface area contributed by atoms with Crippen LogP contribution in [0.2, 0.25) is 10.0 Å². The average Bonchev–Trinajstić information content (AvgIpc) is 3.32. The lowest BCUT2D eigenvalue weighted by atomic mass is 9.88. The van der Waals surface area contributed by atoms with E-state index < -0.39 is 0 Å². The molecular weight excluding hydrogens is 487 g/mol. The first-order valence-electron chi connectivity index (χ1n) is 10.1. The number of nitrogens with zero attached hydrogens (tertiary/aromatic N) is 2. The molecule has 1 aromatic carbocycles. The van der Waals surface area contributed by atoms with Crippen molar-refractivity contribution < 1.29 is 9.53 Å². The van der Waals surface area contributed by atoms with Crippen molar-refractivity contribution in [3.8, 4) is 0 Å². The van der Waals surface area contributed by atoms with E-state index in [4.69, 9.17) is 40.2 Å². The van der Waals surface area contributed by atoms with Gasteiger partial charge in [0.2, 0.25) is 0 Å². The Morgan fingerprint density at radius 1 is 1.38 bits per heavy atom. The lowest BCUT2D eigenvalue weighted by molar-refractivity contribution is 0.0601. The molecule has 0 aliphatic heterocycles. The number of benzene rings is 1. The van der Waals surface area contributed by atoms with Crippen LogP contribution in [-0.4, -0.2) is 28.0 Å². The van der Waals surface area contributed by atoms with E-state index in [1.165, 1.54) is 12.0 Å². The Morgan fingerprint density at radius 2 is 2.19 bits per heavy atom. The zero-order chi connectivity index (χ0) is 22.8. The van der Waals surface area contributed by atoms with Gasteiger partial charge in [-0.15, -0.1) is 11.3 Å². The molecule has 0 saturated carbocycles. The van der Waals surface area contributed by atoms with Crippen LogP contribution in [0, 0.1) is 5.92 Å². The number of halogens is 2. The first-order chi connectivity index (χ1) is 15.3. The molecule has 0 spiro atoms. The van der Waals surface area contributed by atoms with E-state index >= 15 is 0 Å². The number of hydrogen-bond donors (Lipinski definition) is 2. The Bertz CT molecular complexity index is 1170. The van der Waals surface area contributed by atoms with Crippen molar-refractivity contribution in [3.05, 3.63) is 62.2 Å². The number of fused-ring (bicyclic) bond motifs is 1. The van der Waals surface area contributed by atoms with Crippen LogP contribution in [0.25, 0.3) is 0 Å². The Kier molecular flexibility index (Phi) is 7.05. The molecule has 2 N–H and O–H groups in total. The highest BCUT2D eigenvalue weighted by Crippen LogP contribution is 2.40. The molecule has 2 aromatic heterocycles. The predicted octanol–water partition coefficient (Wildman–Crippen LogP) is 6.02. The second-order valence-electron chi connectivity index (χ2n) is 7.79. The molecule has 6 nitrogen and oxygen atoms in total. The third-order valence-corrected chi connectivity index (χ3v) is 7.33. The number of nitrogens with one attached hydrogen (secondary N) is 2. The maximum Gasteiger partial charge on any atom is 0.341 e. The van der Waals surface area contributed by atoms with E-state index in [-0.39, 0.29) is 5.97 Å².